The van der Waals surface area contributed by atoms with Gasteiger partial charge in [0.15, 0.2) is 5.78 Å². The number of rotatable bonds is 10. The van der Waals surface area contributed by atoms with Crippen molar-refractivity contribution in [3.8, 4) is 0 Å². The van der Waals surface area contributed by atoms with Crippen molar-refractivity contribution in [1.82, 2.24) is 9.88 Å². The number of hydrogen-bond acceptors (Lipinski definition) is 5. The van der Waals surface area contributed by atoms with Crippen LogP contribution in [0.2, 0.25) is 0 Å². The van der Waals surface area contributed by atoms with E-state index in [4.69, 9.17) is 9.47 Å². The van der Waals surface area contributed by atoms with E-state index in [9.17, 15) is 14.4 Å². The van der Waals surface area contributed by atoms with Gasteiger partial charge in [0.2, 0.25) is 5.91 Å². The van der Waals surface area contributed by atoms with Gasteiger partial charge in [-0.1, -0.05) is 13.8 Å². The largest absolute Gasteiger partial charge is 0.461 e. The van der Waals surface area contributed by atoms with Crippen LogP contribution in [0.5, 0.6) is 0 Å². The fraction of sp³-hybridized carbons (Fsp3) is 0.650. The number of carbonyl (C=O) groups is 3. The summed E-state index contributed by atoms with van der Waals surface area (Å²) < 4.78 is 10.1. The summed E-state index contributed by atoms with van der Waals surface area (Å²) in [6.07, 6.45) is 0.362. The second-order valence-electron chi connectivity index (χ2n) is 7.06. The van der Waals surface area contributed by atoms with Gasteiger partial charge in [-0.2, -0.15) is 0 Å². The monoisotopic (exact) mass is 380 g/mol. The normalized spacial score (nSPS) is 12.1. The minimum atomic E-state index is -0.658. The number of aromatic amines is 1. The van der Waals surface area contributed by atoms with E-state index < -0.39 is 12.0 Å². The molecule has 0 aromatic carbocycles. The van der Waals surface area contributed by atoms with E-state index in [1.165, 1.54) is 0 Å². The lowest BCUT2D eigenvalue weighted by Crippen LogP contribution is -2.45. The molecule has 0 aliphatic carbocycles. The molecule has 0 spiro atoms. The van der Waals surface area contributed by atoms with Gasteiger partial charge in [0, 0.05) is 31.3 Å². The van der Waals surface area contributed by atoms with Crippen LogP contribution in [-0.4, -0.2) is 60.5 Å². The first kappa shape index (κ1) is 22.9. The van der Waals surface area contributed by atoms with E-state index in [-0.39, 0.29) is 29.9 Å². The van der Waals surface area contributed by atoms with Crippen molar-refractivity contribution in [1.29, 1.82) is 0 Å². The second kappa shape index (κ2) is 10.3. The minimum absolute atomic E-state index is 0.0839. The summed E-state index contributed by atoms with van der Waals surface area (Å²) in [7, 11) is 1.56. The van der Waals surface area contributed by atoms with Gasteiger partial charge < -0.3 is 19.4 Å². The summed E-state index contributed by atoms with van der Waals surface area (Å²) in [5, 5.41) is 0. The van der Waals surface area contributed by atoms with Gasteiger partial charge in [0.1, 0.15) is 5.69 Å². The molecule has 1 atom stereocenters. The molecule has 7 nitrogen and oxygen atoms in total. The third-order valence-corrected chi connectivity index (χ3v) is 4.45. The number of esters is 1. The maximum atomic E-state index is 13.2. The van der Waals surface area contributed by atoms with Crippen LogP contribution in [0.1, 0.15) is 66.2 Å². The van der Waals surface area contributed by atoms with E-state index in [1.54, 1.807) is 39.7 Å². The molecular formula is C20H32N2O5. The van der Waals surface area contributed by atoms with Crippen LogP contribution in [0.15, 0.2) is 0 Å². The number of hydrogen-bond donors (Lipinski definition) is 1. The van der Waals surface area contributed by atoms with E-state index >= 15 is 0 Å². The summed E-state index contributed by atoms with van der Waals surface area (Å²) in [5.41, 5.74) is 1.85. The third kappa shape index (κ3) is 5.66. The van der Waals surface area contributed by atoms with Gasteiger partial charge in [-0.25, -0.2) is 4.79 Å². The van der Waals surface area contributed by atoms with Crippen molar-refractivity contribution in [2.24, 2.45) is 5.92 Å². The summed E-state index contributed by atoms with van der Waals surface area (Å²) in [6.45, 7) is 11.8. The lowest BCUT2D eigenvalue weighted by molar-refractivity contribution is -0.133. The highest BCUT2D eigenvalue weighted by Crippen LogP contribution is 2.22. The highest BCUT2D eigenvalue weighted by atomic mass is 16.5. The molecule has 0 saturated carbocycles. The SMILES string of the molecule is CCOC(=O)c1[nH]c(C)c(C(=O)C(C)N(CCOC)C(=O)CC(C)C)c1C. The number of aromatic nitrogens is 1. The molecule has 152 valence electrons. The molecule has 1 heterocycles. The van der Waals surface area contributed by atoms with Crippen molar-refractivity contribution in [2.45, 2.75) is 54.0 Å². The summed E-state index contributed by atoms with van der Waals surface area (Å²) >= 11 is 0. The molecule has 0 bridgehead atoms. The Morgan fingerprint density at radius 2 is 1.78 bits per heavy atom. The van der Waals surface area contributed by atoms with Crippen molar-refractivity contribution in [2.75, 3.05) is 26.9 Å². The minimum Gasteiger partial charge on any atom is -0.461 e. The Bertz CT molecular complexity index is 678. The van der Waals surface area contributed by atoms with Crippen LogP contribution in [0.25, 0.3) is 0 Å². The molecule has 1 aromatic heterocycles. The number of aryl methyl sites for hydroxylation is 1. The maximum absolute atomic E-state index is 13.2. The molecule has 1 N–H and O–H groups in total. The zero-order valence-electron chi connectivity index (χ0n) is 17.5. The van der Waals surface area contributed by atoms with Crippen molar-refractivity contribution < 1.29 is 23.9 Å². The summed E-state index contributed by atoms with van der Waals surface area (Å²) in [6, 6.07) is -0.658. The Morgan fingerprint density at radius 3 is 2.30 bits per heavy atom. The van der Waals surface area contributed by atoms with E-state index in [0.717, 1.165) is 0 Å². The van der Waals surface area contributed by atoms with E-state index in [2.05, 4.69) is 4.98 Å². The van der Waals surface area contributed by atoms with Crippen LogP contribution in [-0.2, 0) is 14.3 Å². The topological polar surface area (TPSA) is 88.7 Å². The smallest absolute Gasteiger partial charge is 0.355 e. The number of amides is 1. The highest BCUT2D eigenvalue weighted by Gasteiger charge is 2.31. The van der Waals surface area contributed by atoms with Crippen LogP contribution in [0.3, 0.4) is 0 Å². The molecule has 1 unspecified atom stereocenters. The fourth-order valence-electron chi connectivity index (χ4n) is 3.07. The predicted octanol–water partition coefficient (Wildman–Crippen LogP) is 2.90. The lowest BCUT2D eigenvalue weighted by Gasteiger charge is -2.29. The van der Waals surface area contributed by atoms with E-state index in [1.807, 2.05) is 13.8 Å². The van der Waals surface area contributed by atoms with Gasteiger partial charge in [0.25, 0.3) is 0 Å². The predicted molar refractivity (Wildman–Crippen MR) is 103 cm³/mol. The molecule has 0 radical (unpaired) electrons. The van der Waals surface area contributed by atoms with Gasteiger partial charge in [-0.15, -0.1) is 0 Å². The molecule has 7 heteroatoms. The maximum Gasteiger partial charge on any atom is 0.355 e. The number of H-pyrrole nitrogens is 1. The molecule has 0 saturated heterocycles. The molecule has 27 heavy (non-hydrogen) atoms. The Morgan fingerprint density at radius 1 is 1.15 bits per heavy atom. The summed E-state index contributed by atoms with van der Waals surface area (Å²) in [4.78, 5) is 42.4. The average molecular weight is 380 g/mol. The fourth-order valence-corrected chi connectivity index (χ4v) is 3.07. The van der Waals surface area contributed by atoms with Gasteiger partial charge in [0.05, 0.1) is 19.3 Å². The van der Waals surface area contributed by atoms with Crippen molar-refractivity contribution in [3.05, 3.63) is 22.5 Å². The molecular weight excluding hydrogens is 348 g/mol. The number of ketones is 1. The molecule has 1 amide bonds. The first-order valence-electron chi connectivity index (χ1n) is 9.34. The Kier molecular flexibility index (Phi) is 8.69. The van der Waals surface area contributed by atoms with E-state index in [0.29, 0.717) is 36.4 Å². The molecule has 1 rings (SSSR count). The number of nitrogens with zero attached hydrogens (tertiary/aromatic N) is 1. The first-order chi connectivity index (χ1) is 12.6. The van der Waals surface area contributed by atoms with Crippen LogP contribution < -0.4 is 0 Å². The molecule has 0 aliphatic rings. The number of ether oxygens (including phenoxy) is 2. The Balaban J connectivity index is 3.16. The lowest BCUT2D eigenvalue weighted by atomic mass is 9.99. The number of nitrogens with one attached hydrogen (secondary N) is 1. The number of carbonyl (C=O) groups excluding carboxylic acids is 3. The highest BCUT2D eigenvalue weighted by molar-refractivity contribution is 6.06. The average Bonchev–Trinajstić information content (AvgIpc) is 2.88. The Hall–Kier alpha value is -2.15. The van der Waals surface area contributed by atoms with Crippen LogP contribution in [0.4, 0.5) is 0 Å². The van der Waals surface area contributed by atoms with Crippen molar-refractivity contribution in [3.63, 3.8) is 0 Å². The second-order valence-corrected chi connectivity index (χ2v) is 7.06. The van der Waals surface area contributed by atoms with Crippen molar-refractivity contribution >= 4 is 17.7 Å². The molecule has 0 fully saturated rings. The molecule has 0 aliphatic heterocycles. The first-order valence-corrected chi connectivity index (χ1v) is 9.34. The standard InChI is InChI=1S/C20H32N2O5/c1-8-27-20(25)18-13(4)17(14(5)21-18)19(24)15(6)22(9-10-26-7)16(23)11-12(2)3/h12,15,21H,8-11H2,1-7H3. The third-order valence-electron chi connectivity index (χ3n) is 4.45. The number of methoxy groups -OCH3 is 1. The van der Waals surface area contributed by atoms with Gasteiger partial charge >= 0.3 is 5.97 Å². The zero-order valence-corrected chi connectivity index (χ0v) is 17.5. The van der Waals surface area contributed by atoms with Crippen LogP contribution in [0, 0.1) is 19.8 Å². The van der Waals surface area contributed by atoms with Crippen LogP contribution >= 0.6 is 0 Å². The van der Waals surface area contributed by atoms with Gasteiger partial charge in [-0.05, 0) is 39.2 Å². The zero-order chi connectivity index (χ0) is 20.7. The summed E-state index contributed by atoms with van der Waals surface area (Å²) in [5.74, 6) is -0.586. The quantitative estimate of drug-likeness (QED) is 0.498. The van der Waals surface area contributed by atoms with Gasteiger partial charge in [-0.3, -0.25) is 9.59 Å². The Labute approximate surface area is 161 Å². The number of Topliss-reactive ketones (excluding diaryl/α,β-unsaturated/α-hetero) is 1. The molecule has 1 aromatic rings.